The Morgan fingerprint density at radius 3 is 2.30 bits per heavy atom. The summed E-state index contributed by atoms with van der Waals surface area (Å²) < 4.78 is 0. The highest BCUT2D eigenvalue weighted by atomic mass is 32.2. The average molecular weight is 280 g/mol. The van der Waals surface area contributed by atoms with Gasteiger partial charge >= 0.3 is 5.97 Å². The Labute approximate surface area is 119 Å². The zero-order chi connectivity index (χ0) is 14.5. The Morgan fingerprint density at radius 1 is 1.05 bits per heavy atom. The topological polar surface area (TPSA) is 84.9 Å². The molecule has 0 radical (unpaired) electrons. The van der Waals surface area contributed by atoms with Crippen molar-refractivity contribution in [2.75, 3.05) is 0 Å². The first-order chi connectivity index (χ1) is 9.63. The number of aromatic carboxylic acids is 1. The SMILES string of the molecule is N#Cc1ccc(Sc2ccc(C(=O)O)cc2)c(C#N)c1. The van der Waals surface area contributed by atoms with E-state index in [0.717, 1.165) is 9.79 Å². The molecule has 0 bridgehead atoms. The molecule has 0 unspecified atom stereocenters. The van der Waals surface area contributed by atoms with E-state index in [4.69, 9.17) is 15.6 Å². The van der Waals surface area contributed by atoms with E-state index in [2.05, 4.69) is 6.07 Å². The van der Waals surface area contributed by atoms with Crippen LogP contribution in [-0.2, 0) is 0 Å². The first-order valence-corrected chi connectivity index (χ1v) is 6.41. The van der Waals surface area contributed by atoms with Crippen molar-refractivity contribution in [2.45, 2.75) is 9.79 Å². The van der Waals surface area contributed by atoms with Crippen LogP contribution in [0.3, 0.4) is 0 Å². The molecule has 0 saturated heterocycles. The van der Waals surface area contributed by atoms with Crippen molar-refractivity contribution in [3.05, 3.63) is 59.2 Å². The largest absolute Gasteiger partial charge is 0.478 e. The molecule has 2 rings (SSSR count). The lowest BCUT2D eigenvalue weighted by Crippen LogP contribution is -1.94. The molecular weight excluding hydrogens is 272 g/mol. The van der Waals surface area contributed by atoms with Crippen LogP contribution in [0.15, 0.2) is 52.3 Å². The lowest BCUT2D eigenvalue weighted by Gasteiger charge is -2.04. The van der Waals surface area contributed by atoms with Crippen molar-refractivity contribution in [1.29, 1.82) is 10.5 Å². The predicted octanol–water partition coefficient (Wildman–Crippen LogP) is 3.28. The highest BCUT2D eigenvalue weighted by Gasteiger charge is 2.07. The number of hydrogen-bond donors (Lipinski definition) is 1. The second kappa shape index (κ2) is 5.92. The van der Waals surface area contributed by atoms with E-state index >= 15 is 0 Å². The number of nitriles is 2. The molecule has 0 aliphatic rings. The Bertz CT molecular complexity index is 740. The minimum absolute atomic E-state index is 0.217. The zero-order valence-electron chi connectivity index (χ0n) is 10.2. The molecule has 0 saturated carbocycles. The van der Waals surface area contributed by atoms with Gasteiger partial charge in [-0.15, -0.1) is 0 Å². The van der Waals surface area contributed by atoms with Crippen molar-refractivity contribution < 1.29 is 9.90 Å². The quantitative estimate of drug-likeness (QED) is 0.932. The smallest absolute Gasteiger partial charge is 0.335 e. The van der Waals surface area contributed by atoms with E-state index in [-0.39, 0.29) is 5.56 Å². The number of carboxylic acids is 1. The summed E-state index contributed by atoms with van der Waals surface area (Å²) in [5, 5.41) is 26.7. The Morgan fingerprint density at radius 2 is 1.75 bits per heavy atom. The van der Waals surface area contributed by atoms with Crippen molar-refractivity contribution in [1.82, 2.24) is 0 Å². The van der Waals surface area contributed by atoms with Gasteiger partial charge in [-0.3, -0.25) is 0 Å². The van der Waals surface area contributed by atoms with Crippen molar-refractivity contribution >= 4 is 17.7 Å². The van der Waals surface area contributed by atoms with E-state index in [1.54, 1.807) is 24.3 Å². The van der Waals surface area contributed by atoms with Crippen molar-refractivity contribution in [3.63, 3.8) is 0 Å². The van der Waals surface area contributed by atoms with Crippen LogP contribution in [-0.4, -0.2) is 11.1 Å². The Hall–Kier alpha value is -2.76. The van der Waals surface area contributed by atoms with Crippen LogP contribution in [0.1, 0.15) is 21.5 Å². The minimum atomic E-state index is -0.974. The number of nitrogens with zero attached hydrogens (tertiary/aromatic N) is 2. The lowest BCUT2D eigenvalue weighted by molar-refractivity contribution is 0.0697. The van der Waals surface area contributed by atoms with E-state index in [0.29, 0.717) is 11.1 Å². The van der Waals surface area contributed by atoms with Gasteiger partial charge in [0.05, 0.1) is 22.8 Å². The van der Waals surface area contributed by atoms with Crippen LogP contribution >= 0.6 is 11.8 Å². The number of benzene rings is 2. The molecule has 20 heavy (non-hydrogen) atoms. The van der Waals surface area contributed by atoms with Gasteiger partial charge in [0.1, 0.15) is 6.07 Å². The molecule has 0 atom stereocenters. The number of carbonyl (C=O) groups is 1. The van der Waals surface area contributed by atoms with Gasteiger partial charge in [-0.25, -0.2) is 4.79 Å². The summed E-state index contributed by atoms with van der Waals surface area (Å²) in [5.41, 5.74) is 1.08. The maximum absolute atomic E-state index is 10.8. The van der Waals surface area contributed by atoms with Gasteiger partial charge in [0.25, 0.3) is 0 Å². The number of carboxylic acid groups (broad SMARTS) is 1. The van der Waals surface area contributed by atoms with Crippen LogP contribution in [0.4, 0.5) is 0 Å². The van der Waals surface area contributed by atoms with Crippen LogP contribution in [0, 0.1) is 22.7 Å². The molecule has 2 aromatic rings. The minimum Gasteiger partial charge on any atom is -0.478 e. The highest BCUT2D eigenvalue weighted by molar-refractivity contribution is 7.99. The van der Waals surface area contributed by atoms with Gasteiger partial charge in [0, 0.05) is 9.79 Å². The summed E-state index contributed by atoms with van der Waals surface area (Å²) in [6.45, 7) is 0. The highest BCUT2D eigenvalue weighted by Crippen LogP contribution is 2.30. The van der Waals surface area contributed by atoms with Gasteiger partial charge < -0.3 is 5.11 Å². The molecule has 0 aliphatic heterocycles. The molecule has 0 fully saturated rings. The van der Waals surface area contributed by atoms with Gasteiger partial charge in [-0.1, -0.05) is 11.8 Å². The van der Waals surface area contributed by atoms with Crippen molar-refractivity contribution in [3.8, 4) is 12.1 Å². The standard InChI is InChI=1S/C15H8N2O2S/c16-8-10-1-6-14(12(7-10)9-17)20-13-4-2-11(3-5-13)15(18)19/h1-7H,(H,18,19). The zero-order valence-corrected chi connectivity index (χ0v) is 11.0. The Balaban J connectivity index is 2.28. The first-order valence-electron chi connectivity index (χ1n) is 5.59. The third kappa shape index (κ3) is 2.97. The maximum atomic E-state index is 10.8. The first kappa shape index (κ1) is 13.7. The molecular formula is C15H8N2O2S. The predicted molar refractivity (Wildman–Crippen MR) is 73.4 cm³/mol. The van der Waals surface area contributed by atoms with Gasteiger partial charge in [0.2, 0.25) is 0 Å². The lowest BCUT2D eigenvalue weighted by atomic mass is 10.1. The summed E-state index contributed by atoms with van der Waals surface area (Å²) in [6, 6.07) is 15.3. The second-order valence-electron chi connectivity index (χ2n) is 3.87. The fourth-order valence-electron chi connectivity index (χ4n) is 1.57. The fraction of sp³-hybridized carbons (Fsp3) is 0. The summed E-state index contributed by atoms with van der Waals surface area (Å²) in [6.07, 6.45) is 0. The molecule has 0 amide bonds. The summed E-state index contributed by atoms with van der Waals surface area (Å²) in [4.78, 5) is 12.3. The van der Waals surface area contributed by atoms with Crippen molar-refractivity contribution in [2.24, 2.45) is 0 Å². The summed E-state index contributed by atoms with van der Waals surface area (Å²) in [7, 11) is 0. The number of hydrogen-bond acceptors (Lipinski definition) is 4. The van der Waals surface area contributed by atoms with Crippen LogP contribution in [0.25, 0.3) is 0 Å². The maximum Gasteiger partial charge on any atom is 0.335 e. The monoisotopic (exact) mass is 280 g/mol. The van der Waals surface area contributed by atoms with Crippen LogP contribution in [0.2, 0.25) is 0 Å². The third-order valence-corrected chi connectivity index (χ3v) is 3.64. The van der Waals surface area contributed by atoms with E-state index < -0.39 is 5.97 Å². The molecule has 2 aromatic carbocycles. The molecule has 0 aliphatic carbocycles. The molecule has 0 spiro atoms. The third-order valence-electron chi connectivity index (χ3n) is 2.56. The van der Waals surface area contributed by atoms with E-state index in [1.807, 2.05) is 6.07 Å². The molecule has 5 heteroatoms. The molecule has 4 nitrogen and oxygen atoms in total. The second-order valence-corrected chi connectivity index (χ2v) is 4.98. The fourth-order valence-corrected chi connectivity index (χ4v) is 2.45. The summed E-state index contributed by atoms with van der Waals surface area (Å²) >= 11 is 1.35. The number of rotatable bonds is 3. The Kier molecular flexibility index (Phi) is 4.05. The van der Waals surface area contributed by atoms with Gasteiger partial charge in [-0.2, -0.15) is 10.5 Å². The van der Waals surface area contributed by atoms with E-state index in [1.165, 1.54) is 30.0 Å². The molecule has 0 heterocycles. The average Bonchev–Trinajstić information content (AvgIpc) is 2.48. The van der Waals surface area contributed by atoms with E-state index in [9.17, 15) is 4.79 Å². The molecule has 1 N–H and O–H groups in total. The summed E-state index contributed by atoms with van der Waals surface area (Å²) in [5.74, 6) is -0.974. The molecule has 96 valence electrons. The molecule has 0 aromatic heterocycles. The van der Waals surface area contributed by atoms with Gasteiger partial charge in [0.15, 0.2) is 0 Å². The van der Waals surface area contributed by atoms with Gasteiger partial charge in [-0.05, 0) is 42.5 Å². The van der Waals surface area contributed by atoms with Crippen LogP contribution in [0.5, 0.6) is 0 Å². The van der Waals surface area contributed by atoms with Crippen LogP contribution < -0.4 is 0 Å². The normalized spacial score (nSPS) is 9.50.